The Hall–Kier alpha value is -0.850. The Balaban J connectivity index is 2.25. The van der Waals surface area contributed by atoms with Gasteiger partial charge in [-0.25, -0.2) is 4.79 Å². The van der Waals surface area contributed by atoms with Crippen molar-refractivity contribution in [1.29, 1.82) is 0 Å². The summed E-state index contributed by atoms with van der Waals surface area (Å²) in [6, 6.07) is -0.246. The van der Waals surface area contributed by atoms with E-state index in [0.717, 1.165) is 19.3 Å². The molecule has 2 rings (SSSR count). The molecule has 0 bridgehead atoms. The average molecular weight is 372 g/mol. The van der Waals surface area contributed by atoms with Crippen molar-refractivity contribution in [2.75, 3.05) is 6.61 Å². The SMILES string of the molecule is CC(C)(C)OC(=O)N1[C@@H](CC2CCCCC2)[C@H]([C@H](O)CCO)OC1(C)C. The van der Waals surface area contributed by atoms with Crippen LogP contribution >= 0.6 is 0 Å². The zero-order valence-electron chi connectivity index (χ0n) is 17.0. The van der Waals surface area contributed by atoms with Gasteiger partial charge in [-0.05, 0) is 53.4 Å². The van der Waals surface area contributed by atoms with Crippen LogP contribution in [0.1, 0.15) is 79.6 Å². The highest BCUT2D eigenvalue weighted by molar-refractivity contribution is 5.70. The lowest BCUT2D eigenvalue weighted by Gasteiger charge is -2.37. The molecule has 0 aromatic rings. The molecule has 3 atom stereocenters. The Bertz CT molecular complexity index is 467. The van der Waals surface area contributed by atoms with Crippen LogP contribution in [-0.2, 0) is 9.47 Å². The fraction of sp³-hybridized carbons (Fsp3) is 0.950. The van der Waals surface area contributed by atoms with E-state index >= 15 is 0 Å². The maximum atomic E-state index is 12.9. The van der Waals surface area contributed by atoms with Crippen LogP contribution in [0.15, 0.2) is 0 Å². The lowest BCUT2D eigenvalue weighted by molar-refractivity contribution is -0.106. The first kappa shape index (κ1) is 21.5. The van der Waals surface area contributed by atoms with Gasteiger partial charge in [0.05, 0.1) is 12.1 Å². The third kappa shape index (κ3) is 5.33. The van der Waals surface area contributed by atoms with Gasteiger partial charge < -0.3 is 19.7 Å². The molecule has 2 N–H and O–H groups in total. The number of carbonyl (C=O) groups is 1. The van der Waals surface area contributed by atoms with Gasteiger partial charge in [-0.1, -0.05) is 32.1 Å². The zero-order valence-corrected chi connectivity index (χ0v) is 17.0. The van der Waals surface area contributed by atoms with E-state index in [4.69, 9.17) is 9.47 Å². The molecule has 1 aliphatic heterocycles. The van der Waals surface area contributed by atoms with Crippen LogP contribution < -0.4 is 0 Å². The average Bonchev–Trinajstić information content (AvgIpc) is 2.78. The smallest absolute Gasteiger partial charge is 0.412 e. The van der Waals surface area contributed by atoms with Crippen molar-refractivity contribution < 1.29 is 24.5 Å². The number of ether oxygens (including phenoxy) is 2. The van der Waals surface area contributed by atoms with Gasteiger partial charge in [0.15, 0.2) is 0 Å². The summed E-state index contributed by atoms with van der Waals surface area (Å²) >= 11 is 0. The van der Waals surface area contributed by atoms with Crippen molar-refractivity contribution in [3.8, 4) is 0 Å². The fourth-order valence-corrected chi connectivity index (χ4v) is 4.32. The van der Waals surface area contributed by atoms with Crippen LogP contribution in [0.5, 0.6) is 0 Å². The number of rotatable bonds is 5. The predicted octanol–water partition coefficient (Wildman–Crippen LogP) is 3.44. The van der Waals surface area contributed by atoms with E-state index in [2.05, 4.69) is 0 Å². The second kappa shape index (κ2) is 8.44. The molecule has 6 heteroatoms. The second-order valence-electron chi connectivity index (χ2n) is 9.27. The summed E-state index contributed by atoms with van der Waals surface area (Å²) in [5, 5.41) is 19.8. The summed E-state index contributed by atoms with van der Waals surface area (Å²) in [6.45, 7) is 9.13. The van der Waals surface area contributed by atoms with Crippen molar-refractivity contribution in [2.24, 2.45) is 5.92 Å². The van der Waals surface area contributed by atoms with Crippen LogP contribution in [-0.4, -0.2) is 57.4 Å². The number of nitrogens with zero attached hydrogens (tertiary/aromatic N) is 1. The third-order valence-corrected chi connectivity index (χ3v) is 5.41. The first-order valence-corrected chi connectivity index (χ1v) is 10.0. The Morgan fingerprint density at radius 3 is 2.42 bits per heavy atom. The van der Waals surface area contributed by atoms with Gasteiger partial charge in [0.2, 0.25) is 0 Å². The van der Waals surface area contributed by atoms with Crippen LogP contribution in [0.3, 0.4) is 0 Å². The molecule has 6 nitrogen and oxygen atoms in total. The van der Waals surface area contributed by atoms with E-state index in [0.29, 0.717) is 5.92 Å². The van der Waals surface area contributed by atoms with Gasteiger partial charge >= 0.3 is 6.09 Å². The molecule has 26 heavy (non-hydrogen) atoms. The Morgan fingerprint density at radius 2 is 1.88 bits per heavy atom. The van der Waals surface area contributed by atoms with Gasteiger partial charge in [-0.2, -0.15) is 0 Å². The summed E-state index contributed by atoms with van der Waals surface area (Å²) in [5.74, 6) is 0.528. The first-order chi connectivity index (χ1) is 12.0. The fourth-order valence-electron chi connectivity index (χ4n) is 4.32. The van der Waals surface area contributed by atoms with Gasteiger partial charge in [0.1, 0.15) is 17.4 Å². The molecule has 152 valence electrons. The molecule has 1 amide bonds. The minimum Gasteiger partial charge on any atom is -0.444 e. The quantitative estimate of drug-likeness (QED) is 0.774. The Kier molecular flexibility index (Phi) is 6.97. The Labute approximate surface area is 157 Å². The van der Waals surface area contributed by atoms with Crippen LogP contribution in [0.2, 0.25) is 0 Å². The highest BCUT2D eigenvalue weighted by atomic mass is 16.6. The molecule has 1 aliphatic carbocycles. The molecule has 1 saturated heterocycles. The summed E-state index contributed by atoms with van der Waals surface area (Å²) in [7, 11) is 0. The molecule has 0 radical (unpaired) electrons. The molecular weight excluding hydrogens is 334 g/mol. The van der Waals surface area contributed by atoms with Crippen molar-refractivity contribution in [3.05, 3.63) is 0 Å². The minimum atomic E-state index is -0.858. The van der Waals surface area contributed by atoms with Gasteiger partial charge in [-0.3, -0.25) is 4.90 Å². The van der Waals surface area contributed by atoms with Gasteiger partial charge in [0, 0.05) is 6.61 Å². The molecule has 2 aliphatic rings. The molecule has 2 fully saturated rings. The monoisotopic (exact) mass is 371 g/mol. The van der Waals surface area contributed by atoms with Crippen molar-refractivity contribution in [3.63, 3.8) is 0 Å². The highest BCUT2D eigenvalue weighted by Gasteiger charge is 2.53. The second-order valence-corrected chi connectivity index (χ2v) is 9.27. The van der Waals surface area contributed by atoms with E-state index in [9.17, 15) is 15.0 Å². The van der Waals surface area contributed by atoms with E-state index in [1.165, 1.54) is 19.3 Å². The van der Waals surface area contributed by atoms with Crippen LogP contribution in [0, 0.1) is 5.92 Å². The van der Waals surface area contributed by atoms with Crippen molar-refractivity contribution in [2.45, 2.75) is 109 Å². The summed E-state index contributed by atoms with van der Waals surface area (Å²) in [4.78, 5) is 14.6. The number of carbonyl (C=O) groups excluding carboxylic acids is 1. The summed E-state index contributed by atoms with van der Waals surface area (Å²) in [5.41, 5.74) is -1.45. The maximum absolute atomic E-state index is 12.9. The van der Waals surface area contributed by atoms with E-state index < -0.39 is 29.6 Å². The predicted molar refractivity (Wildman–Crippen MR) is 99.7 cm³/mol. The number of hydrogen-bond donors (Lipinski definition) is 2. The van der Waals surface area contributed by atoms with Crippen molar-refractivity contribution >= 4 is 6.09 Å². The molecule has 1 saturated carbocycles. The number of aliphatic hydroxyl groups excluding tert-OH is 2. The Morgan fingerprint density at radius 1 is 1.27 bits per heavy atom. The minimum absolute atomic E-state index is 0.107. The normalized spacial score (nSPS) is 28.2. The largest absolute Gasteiger partial charge is 0.444 e. The topological polar surface area (TPSA) is 79.2 Å². The van der Waals surface area contributed by atoms with Gasteiger partial charge in [-0.15, -0.1) is 0 Å². The van der Waals surface area contributed by atoms with E-state index in [1.807, 2.05) is 34.6 Å². The molecule has 0 aromatic carbocycles. The van der Waals surface area contributed by atoms with Crippen LogP contribution in [0.4, 0.5) is 4.79 Å². The maximum Gasteiger partial charge on any atom is 0.412 e. The molecule has 0 spiro atoms. The van der Waals surface area contributed by atoms with Gasteiger partial charge in [0.25, 0.3) is 0 Å². The summed E-state index contributed by atoms with van der Waals surface area (Å²) < 4.78 is 11.8. The zero-order chi connectivity index (χ0) is 19.5. The third-order valence-electron chi connectivity index (χ3n) is 5.41. The molecule has 0 unspecified atom stereocenters. The summed E-state index contributed by atoms with van der Waals surface area (Å²) in [6.07, 6.45) is 5.35. The molecule has 0 aromatic heterocycles. The van der Waals surface area contributed by atoms with E-state index in [-0.39, 0.29) is 19.1 Å². The number of hydrogen-bond acceptors (Lipinski definition) is 5. The van der Waals surface area contributed by atoms with Crippen LogP contribution in [0.25, 0.3) is 0 Å². The highest BCUT2D eigenvalue weighted by Crippen LogP contribution is 2.40. The first-order valence-electron chi connectivity index (χ1n) is 10.0. The number of amides is 1. The standard InChI is InChI=1S/C20H37NO5/c1-19(2,3)26-18(24)21-15(13-14-9-7-6-8-10-14)17(16(23)11-12-22)25-20(21,4)5/h14-17,22-23H,6-13H2,1-5H3/t15-,16+,17+/m0/s1. The van der Waals surface area contributed by atoms with Crippen molar-refractivity contribution in [1.82, 2.24) is 4.90 Å². The van der Waals surface area contributed by atoms with E-state index in [1.54, 1.807) is 4.90 Å². The molecular formula is C20H37NO5. The number of aliphatic hydroxyl groups is 2. The lowest BCUT2D eigenvalue weighted by atomic mass is 9.82. The lowest BCUT2D eigenvalue weighted by Crippen LogP contribution is -2.51. The molecule has 1 heterocycles.